The second-order valence-electron chi connectivity index (χ2n) is 4.01. The fourth-order valence-electron chi connectivity index (χ4n) is 1.42. The molecule has 19 heavy (non-hydrogen) atoms. The molecule has 0 fully saturated rings. The monoisotopic (exact) mass is 271 g/mol. The van der Waals surface area contributed by atoms with Gasteiger partial charge in [-0.25, -0.2) is 0 Å². The number of rotatable bonds is 5. The Bertz CT molecular complexity index is 504. The Balaban J connectivity index is 2.68. The van der Waals surface area contributed by atoms with E-state index in [1.54, 1.807) is 13.0 Å². The molecule has 102 valence electrons. The molecule has 0 bridgehead atoms. The van der Waals surface area contributed by atoms with E-state index in [1.807, 2.05) is 0 Å². The number of hydrogen-bond acceptors (Lipinski definition) is 3. The van der Waals surface area contributed by atoms with Gasteiger partial charge in [0.1, 0.15) is 6.61 Å². The summed E-state index contributed by atoms with van der Waals surface area (Å²) in [4.78, 5) is 11.0. The van der Waals surface area contributed by atoms with Gasteiger partial charge in [-0.15, -0.1) is 0 Å². The van der Waals surface area contributed by atoms with Crippen LogP contribution in [0.15, 0.2) is 18.2 Å². The number of aryl methyl sites for hydroxylation is 1. The third-order valence-electron chi connectivity index (χ3n) is 2.47. The number of nitriles is 1. The Morgan fingerprint density at radius 2 is 2.11 bits per heavy atom. The molecule has 0 amide bonds. The molecule has 0 radical (unpaired) electrons. The van der Waals surface area contributed by atoms with Crippen LogP contribution in [0.25, 0.3) is 0 Å². The number of benzene rings is 1. The molecule has 1 aromatic rings. The van der Waals surface area contributed by atoms with Crippen LogP contribution in [-0.2, 0) is 22.3 Å². The quantitative estimate of drug-likeness (QED) is 0.827. The molecule has 0 atom stereocenters. The minimum Gasteiger partial charge on any atom is -0.369 e. The number of alkyl halides is 3. The average Bonchev–Trinajstić information content (AvgIpc) is 2.30. The number of carbonyl (C=O) groups is 1. The molecule has 0 saturated carbocycles. The van der Waals surface area contributed by atoms with E-state index in [-0.39, 0.29) is 19.6 Å². The van der Waals surface area contributed by atoms with Crippen LogP contribution in [-0.4, -0.2) is 12.4 Å². The van der Waals surface area contributed by atoms with Gasteiger partial charge in [0.2, 0.25) is 0 Å². The second kappa shape index (κ2) is 6.34. The highest BCUT2D eigenvalue weighted by molar-refractivity contribution is 5.81. The maximum Gasteiger partial charge on any atom is 0.416 e. The van der Waals surface area contributed by atoms with Gasteiger partial charge < -0.3 is 4.74 Å². The molecule has 3 nitrogen and oxygen atoms in total. The van der Waals surface area contributed by atoms with Crippen molar-refractivity contribution in [3.63, 3.8) is 0 Å². The number of carbonyl (C=O) groups excluding carboxylic acids is 1. The number of Topliss-reactive ketones (excluding diaryl/α,β-unsaturated/α-hetero) is 1. The van der Waals surface area contributed by atoms with Crippen molar-refractivity contribution in [2.75, 3.05) is 6.61 Å². The second-order valence-corrected chi connectivity index (χ2v) is 4.01. The van der Waals surface area contributed by atoms with Crippen molar-refractivity contribution in [1.29, 1.82) is 5.26 Å². The van der Waals surface area contributed by atoms with E-state index in [4.69, 9.17) is 10.00 Å². The predicted octanol–water partition coefficient (Wildman–Crippen LogP) is 3.01. The van der Waals surface area contributed by atoms with Gasteiger partial charge in [0.15, 0.2) is 5.78 Å². The lowest BCUT2D eigenvalue weighted by Gasteiger charge is -2.11. The zero-order valence-corrected chi connectivity index (χ0v) is 10.3. The summed E-state index contributed by atoms with van der Waals surface area (Å²) in [6.07, 6.45) is -4.67. The third kappa shape index (κ3) is 4.72. The van der Waals surface area contributed by atoms with Crippen molar-refractivity contribution < 1.29 is 22.7 Å². The lowest BCUT2D eigenvalue weighted by atomic mass is 10.1. The van der Waals surface area contributed by atoms with E-state index >= 15 is 0 Å². The number of halogens is 3. The zero-order valence-electron chi connectivity index (χ0n) is 10.3. The molecule has 0 N–H and O–H groups in total. The molecule has 0 aliphatic carbocycles. The summed E-state index contributed by atoms with van der Waals surface area (Å²) in [5.74, 6) is -0.396. The van der Waals surface area contributed by atoms with Crippen molar-refractivity contribution in [2.24, 2.45) is 0 Å². The van der Waals surface area contributed by atoms with Crippen molar-refractivity contribution in [3.8, 4) is 6.07 Å². The first-order chi connectivity index (χ1) is 8.84. The number of ether oxygens (including phenoxy) is 1. The van der Waals surface area contributed by atoms with Crippen LogP contribution < -0.4 is 0 Å². The number of ketones is 1. The van der Waals surface area contributed by atoms with E-state index in [1.165, 1.54) is 6.07 Å². The van der Waals surface area contributed by atoms with Crippen LogP contribution in [0, 0.1) is 18.3 Å². The Labute approximate surface area is 108 Å². The van der Waals surface area contributed by atoms with Crippen LogP contribution in [0.1, 0.15) is 23.1 Å². The summed E-state index contributed by atoms with van der Waals surface area (Å²) >= 11 is 0. The molecule has 0 aliphatic rings. The highest BCUT2D eigenvalue weighted by Gasteiger charge is 2.30. The standard InChI is InChI=1S/C13H12F3NO2/c1-9-2-3-11(13(14,15)16)6-10(9)7-19-8-12(18)4-5-17/h2-3,6H,4,7-8H2,1H3. The minimum atomic E-state index is -4.40. The molecular formula is C13H12F3NO2. The molecular weight excluding hydrogens is 259 g/mol. The first-order valence-electron chi connectivity index (χ1n) is 5.47. The van der Waals surface area contributed by atoms with Gasteiger partial charge in [0, 0.05) is 0 Å². The van der Waals surface area contributed by atoms with Crippen LogP contribution >= 0.6 is 0 Å². The molecule has 0 aliphatic heterocycles. The van der Waals surface area contributed by atoms with Crippen molar-refractivity contribution in [2.45, 2.75) is 26.1 Å². The first-order valence-corrected chi connectivity index (χ1v) is 5.47. The van der Waals surface area contributed by atoms with E-state index in [9.17, 15) is 18.0 Å². The zero-order chi connectivity index (χ0) is 14.5. The minimum absolute atomic E-state index is 0.0904. The molecule has 0 saturated heterocycles. The Kier molecular flexibility index (Phi) is 5.07. The fourth-order valence-corrected chi connectivity index (χ4v) is 1.42. The molecule has 6 heteroatoms. The SMILES string of the molecule is Cc1ccc(C(F)(F)F)cc1COCC(=O)CC#N. The predicted molar refractivity (Wildman–Crippen MR) is 61.1 cm³/mol. The molecule has 0 heterocycles. The van der Waals surface area contributed by atoms with Gasteiger partial charge in [0.25, 0.3) is 0 Å². The smallest absolute Gasteiger partial charge is 0.369 e. The van der Waals surface area contributed by atoms with E-state index < -0.39 is 17.5 Å². The van der Waals surface area contributed by atoms with Gasteiger partial charge in [-0.05, 0) is 30.2 Å². The summed E-state index contributed by atoms with van der Waals surface area (Å²) in [5.41, 5.74) is 0.278. The summed E-state index contributed by atoms with van der Waals surface area (Å²) in [7, 11) is 0. The van der Waals surface area contributed by atoms with Crippen molar-refractivity contribution in [3.05, 3.63) is 34.9 Å². The van der Waals surface area contributed by atoms with Gasteiger partial charge in [-0.3, -0.25) is 4.79 Å². The summed E-state index contributed by atoms with van der Waals surface area (Å²) < 4.78 is 42.6. The van der Waals surface area contributed by atoms with E-state index in [2.05, 4.69) is 0 Å². The lowest BCUT2D eigenvalue weighted by Crippen LogP contribution is -2.10. The topological polar surface area (TPSA) is 50.1 Å². The fraction of sp³-hybridized carbons (Fsp3) is 0.385. The van der Waals surface area contributed by atoms with Crippen LogP contribution in [0.3, 0.4) is 0 Å². The van der Waals surface area contributed by atoms with Gasteiger partial charge in [-0.2, -0.15) is 18.4 Å². The molecule has 1 aromatic carbocycles. The first kappa shape index (κ1) is 15.2. The molecule has 0 spiro atoms. The van der Waals surface area contributed by atoms with Crippen molar-refractivity contribution >= 4 is 5.78 Å². The number of hydrogen-bond donors (Lipinski definition) is 0. The molecule has 1 rings (SSSR count). The summed E-state index contributed by atoms with van der Waals surface area (Å²) in [6, 6.07) is 5.04. The lowest BCUT2D eigenvalue weighted by molar-refractivity contribution is -0.137. The van der Waals surface area contributed by atoms with Crippen molar-refractivity contribution in [1.82, 2.24) is 0 Å². The average molecular weight is 271 g/mol. The maximum absolute atomic E-state index is 12.5. The van der Waals surface area contributed by atoms with Crippen LogP contribution in [0.4, 0.5) is 13.2 Å². The van der Waals surface area contributed by atoms with E-state index in [0.717, 1.165) is 12.1 Å². The van der Waals surface area contributed by atoms with Crippen LogP contribution in [0.5, 0.6) is 0 Å². The molecule has 0 unspecified atom stereocenters. The largest absolute Gasteiger partial charge is 0.416 e. The van der Waals surface area contributed by atoms with Gasteiger partial charge in [-0.1, -0.05) is 6.07 Å². The Morgan fingerprint density at radius 3 is 2.68 bits per heavy atom. The third-order valence-corrected chi connectivity index (χ3v) is 2.47. The Hall–Kier alpha value is -1.87. The molecule has 0 aromatic heterocycles. The summed E-state index contributed by atoms with van der Waals surface area (Å²) in [5, 5.41) is 8.27. The maximum atomic E-state index is 12.5. The normalized spacial score (nSPS) is 11.1. The van der Waals surface area contributed by atoms with Gasteiger partial charge >= 0.3 is 6.18 Å². The van der Waals surface area contributed by atoms with E-state index in [0.29, 0.717) is 11.1 Å². The van der Waals surface area contributed by atoms with Gasteiger partial charge in [0.05, 0.1) is 24.7 Å². The van der Waals surface area contributed by atoms with Crippen LogP contribution in [0.2, 0.25) is 0 Å². The highest BCUT2D eigenvalue weighted by Crippen LogP contribution is 2.30. The summed E-state index contributed by atoms with van der Waals surface area (Å²) in [6.45, 7) is 1.30. The highest BCUT2D eigenvalue weighted by atomic mass is 19.4. The Morgan fingerprint density at radius 1 is 1.42 bits per heavy atom. The number of nitrogens with zero attached hydrogens (tertiary/aromatic N) is 1.